The van der Waals surface area contributed by atoms with Crippen molar-refractivity contribution in [1.29, 1.82) is 0 Å². The highest BCUT2D eigenvalue weighted by Gasteiger charge is 2.10. The van der Waals surface area contributed by atoms with Gasteiger partial charge in [0.15, 0.2) is 0 Å². The van der Waals surface area contributed by atoms with Gasteiger partial charge < -0.3 is 5.32 Å². The Labute approximate surface area is 142 Å². The second kappa shape index (κ2) is 6.66. The number of hydrogen-bond donors (Lipinski definition) is 2. The molecule has 0 saturated heterocycles. The third-order valence-electron chi connectivity index (χ3n) is 3.18. The van der Waals surface area contributed by atoms with Crippen LogP contribution in [0.25, 0.3) is 5.69 Å². The van der Waals surface area contributed by atoms with Crippen LogP contribution >= 0.6 is 15.9 Å². The molecule has 2 aromatic carbocycles. The number of anilines is 2. The van der Waals surface area contributed by atoms with Crippen molar-refractivity contribution in [3.05, 3.63) is 70.8 Å². The lowest BCUT2D eigenvalue weighted by atomic mass is 10.3. The molecule has 0 aliphatic carbocycles. The molecule has 0 atom stereocenters. The van der Waals surface area contributed by atoms with Crippen LogP contribution in [0.3, 0.4) is 0 Å². The van der Waals surface area contributed by atoms with E-state index in [1.807, 2.05) is 67.6 Å². The summed E-state index contributed by atoms with van der Waals surface area (Å²) in [6.45, 7) is 1.89. The van der Waals surface area contributed by atoms with Gasteiger partial charge in [-0.15, -0.1) is 0 Å². The number of urea groups is 1. The van der Waals surface area contributed by atoms with E-state index in [4.69, 9.17) is 0 Å². The van der Waals surface area contributed by atoms with Crippen molar-refractivity contribution in [2.24, 2.45) is 0 Å². The molecule has 1 heterocycles. The number of hydrogen-bond acceptors (Lipinski definition) is 2. The largest absolute Gasteiger partial charge is 0.324 e. The fourth-order valence-corrected chi connectivity index (χ4v) is 2.43. The minimum Gasteiger partial charge on any atom is -0.308 e. The van der Waals surface area contributed by atoms with Crippen molar-refractivity contribution in [3.63, 3.8) is 0 Å². The molecule has 0 spiro atoms. The Morgan fingerprint density at radius 3 is 2.43 bits per heavy atom. The number of aromatic nitrogens is 2. The second-order valence-electron chi connectivity index (χ2n) is 5.00. The van der Waals surface area contributed by atoms with E-state index in [0.29, 0.717) is 11.5 Å². The standard InChI is InChI=1S/C17H15BrN4O/c1-12-11-16(22(21-12)15-5-3-2-4-6-15)20-17(23)19-14-9-7-13(18)8-10-14/h2-11H,1H3,(H2,19,20,23). The van der Waals surface area contributed by atoms with Gasteiger partial charge in [-0.05, 0) is 43.3 Å². The van der Waals surface area contributed by atoms with Crippen LogP contribution in [0.2, 0.25) is 0 Å². The average Bonchev–Trinajstić information content (AvgIpc) is 2.91. The molecule has 0 radical (unpaired) electrons. The van der Waals surface area contributed by atoms with Gasteiger partial charge in [-0.3, -0.25) is 5.32 Å². The first-order valence-electron chi connectivity index (χ1n) is 7.07. The molecule has 3 rings (SSSR count). The summed E-state index contributed by atoms with van der Waals surface area (Å²) < 4.78 is 2.66. The zero-order valence-corrected chi connectivity index (χ0v) is 14.0. The molecular weight excluding hydrogens is 356 g/mol. The minimum atomic E-state index is -0.315. The molecule has 3 aromatic rings. The van der Waals surface area contributed by atoms with E-state index in [0.717, 1.165) is 15.9 Å². The lowest BCUT2D eigenvalue weighted by Gasteiger charge is -2.10. The van der Waals surface area contributed by atoms with Crippen LogP contribution in [0.5, 0.6) is 0 Å². The number of aryl methyl sites for hydroxylation is 1. The van der Waals surface area contributed by atoms with Crippen LogP contribution in [0.15, 0.2) is 65.1 Å². The molecule has 0 fully saturated rings. The van der Waals surface area contributed by atoms with E-state index in [1.165, 1.54) is 0 Å². The fraction of sp³-hybridized carbons (Fsp3) is 0.0588. The molecule has 0 saturated carbocycles. The number of benzene rings is 2. The number of carbonyl (C=O) groups excluding carboxylic acids is 1. The third-order valence-corrected chi connectivity index (χ3v) is 3.70. The first-order chi connectivity index (χ1) is 11.1. The second-order valence-corrected chi connectivity index (χ2v) is 5.92. The summed E-state index contributed by atoms with van der Waals surface area (Å²) in [4.78, 5) is 12.2. The summed E-state index contributed by atoms with van der Waals surface area (Å²) in [5.74, 6) is 0.614. The van der Waals surface area contributed by atoms with Gasteiger partial charge >= 0.3 is 6.03 Å². The summed E-state index contributed by atoms with van der Waals surface area (Å²) in [5, 5.41) is 10.0. The topological polar surface area (TPSA) is 59.0 Å². The molecule has 0 aliphatic rings. The Morgan fingerprint density at radius 2 is 1.74 bits per heavy atom. The zero-order valence-electron chi connectivity index (χ0n) is 12.5. The van der Waals surface area contributed by atoms with Gasteiger partial charge in [0.25, 0.3) is 0 Å². The van der Waals surface area contributed by atoms with Crippen LogP contribution in [0.4, 0.5) is 16.3 Å². The molecule has 5 nitrogen and oxygen atoms in total. The number of para-hydroxylation sites is 1. The van der Waals surface area contributed by atoms with Gasteiger partial charge in [0.2, 0.25) is 0 Å². The van der Waals surface area contributed by atoms with Gasteiger partial charge in [0.1, 0.15) is 5.82 Å². The monoisotopic (exact) mass is 370 g/mol. The SMILES string of the molecule is Cc1cc(NC(=O)Nc2ccc(Br)cc2)n(-c2ccccc2)n1. The van der Waals surface area contributed by atoms with E-state index in [2.05, 4.69) is 31.7 Å². The Balaban J connectivity index is 1.77. The van der Waals surface area contributed by atoms with E-state index in [9.17, 15) is 4.79 Å². The molecule has 0 unspecified atom stereocenters. The molecule has 2 N–H and O–H groups in total. The third kappa shape index (κ3) is 3.78. The Morgan fingerprint density at radius 1 is 1.04 bits per heavy atom. The number of halogens is 1. The summed E-state index contributed by atoms with van der Waals surface area (Å²) in [6.07, 6.45) is 0. The maximum Gasteiger partial charge on any atom is 0.324 e. The van der Waals surface area contributed by atoms with Crippen molar-refractivity contribution in [2.75, 3.05) is 10.6 Å². The van der Waals surface area contributed by atoms with Crippen LogP contribution in [-0.4, -0.2) is 15.8 Å². The van der Waals surface area contributed by atoms with Gasteiger partial charge in [-0.1, -0.05) is 34.1 Å². The molecule has 1 aromatic heterocycles. The van der Waals surface area contributed by atoms with Crippen molar-refractivity contribution in [1.82, 2.24) is 9.78 Å². The first kappa shape index (κ1) is 15.3. The van der Waals surface area contributed by atoms with E-state index >= 15 is 0 Å². The van der Waals surface area contributed by atoms with Crippen molar-refractivity contribution in [2.45, 2.75) is 6.92 Å². The molecule has 2 amide bonds. The maximum atomic E-state index is 12.2. The van der Waals surface area contributed by atoms with Crippen LogP contribution in [0, 0.1) is 6.92 Å². The first-order valence-corrected chi connectivity index (χ1v) is 7.87. The average molecular weight is 371 g/mol. The lowest BCUT2D eigenvalue weighted by molar-refractivity contribution is 0.262. The quantitative estimate of drug-likeness (QED) is 0.708. The Kier molecular flexibility index (Phi) is 4.43. The normalized spacial score (nSPS) is 10.3. The van der Waals surface area contributed by atoms with Crippen LogP contribution in [-0.2, 0) is 0 Å². The molecule has 116 valence electrons. The van der Waals surface area contributed by atoms with Gasteiger partial charge in [-0.2, -0.15) is 5.10 Å². The summed E-state index contributed by atoms with van der Waals surface area (Å²) in [5.41, 5.74) is 2.43. The van der Waals surface area contributed by atoms with E-state index in [1.54, 1.807) is 4.68 Å². The Hall–Kier alpha value is -2.60. The van der Waals surface area contributed by atoms with Crippen molar-refractivity contribution >= 4 is 33.5 Å². The van der Waals surface area contributed by atoms with Crippen molar-refractivity contribution in [3.8, 4) is 5.69 Å². The van der Waals surface area contributed by atoms with Crippen LogP contribution < -0.4 is 10.6 Å². The predicted molar refractivity (Wildman–Crippen MR) is 95.1 cm³/mol. The minimum absolute atomic E-state index is 0.315. The lowest BCUT2D eigenvalue weighted by Crippen LogP contribution is -2.21. The number of carbonyl (C=O) groups is 1. The predicted octanol–water partition coefficient (Wildman–Crippen LogP) is 4.59. The van der Waals surface area contributed by atoms with Gasteiger partial charge in [-0.25, -0.2) is 9.48 Å². The van der Waals surface area contributed by atoms with E-state index < -0.39 is 0 Å². The molecular formula is C17H15BrN4O. The van der Waals surface area contributed by atoms with Gasteiger partial charge in [0, 0.05) is 16.2 Å². The summed E-state index contributed by atoms with van der Waals surface area (Å²) >= 11 is 3.36. The summed E-state index contributed by atoms with van der Waals surface area (Å²) in [6, 6.07) is 18.6. The fourth-order valence-electron chi connectivity index (χ4n) is 2.17. The van der Waals surface area contributed by atoms with Gasteiger partial charge in [0.05, 0.1) is 11.4 Å². The van der Waals surface area contributed by atoms with Crippen LogP contribution in [0.1, 0.15) is 5.69 Å². The molecule has 6 heteroatoms. The molecule has 0 bridgehead atoms. The molecule has 23 heavy (non-hydrogen) atoms. The van der Waals surface area contributed by atoms with Crippen molar-refractivity contribution < 1.29 is 4.79 Å². The highest BCUT2D eigenvalue weighted by molar-refractivity contribution is 9.10. The number of rotatable bonds is 3. The number of amides is 2. The Bertz CT molecular complexity index is 812. The summed E-state index contributed by atoms with van der Waals surface area (Å²) in [7, 11) is 0. The number of nitrogens with one attached hydrogen (secondary N) is 2. The highest BCUT2D eigenvalue weighted by Crippen LogP contribution is 2.18. The zero-order chi connectivity index (χ0) is 16.2. The van der Waals surface area contributed by atoms with E-state index in [-0.39, 0.29) is 6.03 Å². The maximum absolute atomic E-state index is 12.2. The number of nitrogens with zero attached hydrogens (tertiary/aromatic N) is 2. The smallest absolute Gasteiger partial charge is 0.308 e. The molecule has 0 aliphatic heterocycles. The highest BCUT2D eigenvalue weighted by atomic mass is 79.9.